The Morgan fingerprint density at radius 2 is 1.44 bits per heavy atom. The number of para-hydroxylation sites is 2. The van der Waals surface area contributed by atoms with Crippen LogP contribution in [0.4, 0.5) is 16.2 Å². The van der Waals surface area contributed by atoms with Crippen LogP contribution in [-0.4, -0.2) is 36.5 Å². The van der Waals surface area contributed by atoms with Gasteiger partial charge in [0.2, 0.25) is 5.91 Å². The van der Waals surface area contributed by atoms with E-state index in [0.29, 0.717) is 22.4 Å². The molecule has 4 amide bonds. The zero-order valence-electron chi connectivity index (χ0n) is 22.4. The largest absolute Gasteiger partial charge is 0.443 e. The highest BCUT2D eigenvalue weighted by molar-refractivity contribution is 6.32. The molecule has 3 atom stereocenters. The SMILES string of the molecule is Cc1ccc([C@H]2[C@]3(C(=O)N[C@]24C(=O)N(C)c2ccccc24)C(=O)N(C(=O)OC(C)(C)C)c2ccccc23)cc1. The van der Waals surface area contributed by atoms with E-state index in [1.807, 2.05) is 55.5 Å². The summed E-state index contributed by atoms with van der Waals surface area (Å²) < 4.78 is 5.61. The topological polar surface area (TPSA) is 96.0 Å². The molecule has 39 heavy (non-hydrogen) atoms. The lowest BCUT2D eigenvalue weighted by atomic mass is 9.62. The van der Waals surface area contributed by atoms with Crippen LogP contribution in [0.5, 0.6) is 0 Å². The molecule has 1 fully saturated rings. The Morgan fingerprint density at radius 3 is 2.08 bits per heavy atom. The van der Waals surface area contributed by atoms with Gasteiger partial charge < -0.3 is 15.0 Å². The number of hydrogen-bond acceptors (Lipinski definition) is 5. The molecule has 3 aromatic rings. The summed E-state index contributed by atoms with van der Waals surface area (Å²) in [6.07, 6.45) is -0.872. The second-order valence-corrected chi connectivity index (χ2v) is 11.4. The van der Waals surface area contributed by atoms with Crippen molar-refractivity contribution in [1.82, 2.24) is 5.32 Å². The fourth-order valence-corrected chi connectivity index (χ4v) is 6.44. The minimum absolute atomic E-state index is 0.271. The van der Waals surface area contributed by atoms with E-state index in [-0.39, 0.29) is 11.6 Å². The average Bonchev–Trinajstić information content (AvgIpc) is 3.40. The van der Waals surface area contributed by atoms with E-state index >= 15 is 0 Å². The van der Waals surface area contributed by atoms with Gasteiger partial charge in [-0.3, -0.25) is 14.4 Å². The number of carbonyl (C=O) groups is 4. The quantitative estimate of drug-likeness (QED) is 0.480. The molecule has 0 unspecified atom stereocenters. The lowest BCUT2D eigenvalue weighted by Crippen LogP contribution is -2.52. The zero-order chi connectivity index (χ0) is 27.9. The number of anilines is 2. The van der Waals surface area contributed by atoms with E-state index in [1.165, 1.54) is 4.90 Å². The molecule has 0 aromatic heterocycles. The molecule has 8 nitrogen and oxygen atoms in total. The number of imide groups is 1. The third-order valence-corrected chi connectivity index (χ3v) is 7.96. The van der Waals surface area contributed by atoms with Crippen LogP contribution in [0.25, 0.3) is 0 Å². The molecule has 8 heteroatoms. The van der Waals surface area contributed by atoms with Crippen molar-refractivity contribution in [3.05, 3.63) is 95.1 Å². The van der Waals surface area contributed by atoms with Crippen LogP contribution in [0.3, 0.4) is 0 Å². The van der Waals surface area contributed by atoms with Crippen molar-refractivity contribution in [3.8, 4) is 0 Å². The van der Waals surface area contributed by atoms with E-state index in [2.05, 4.69) is 5.32 Å². The van der Waals surface area contributed by atoms with Crippen molar-refractivity contribution in [3.63, 3.8) is 0 Å². The number of benzene rings is 3. The number of amides is 4. The van der Waals surface area contributed by atoms with Crippen molar-refractivity contribution >= 4 is 35.2 Å². The van der Waals surface area contributed by atoms with Crippen LogP contribution in [0, 0.1) is 6.92 Å². The Balaban J connectivity index is 1.67. The molecule has 6 rings (SSSR count). The highest BCUT2D eigenvalue weighted by atomic mass is 16.6. The Kier molecular flexibility index (Phi) is 5.11. The summed E-state index contributed by atoms with van der Waals surface area (Å²) in [6.45, 7) is 7.08. The second kappa shape index (κ2) is 8.02. The summed E-state index contributed by atoms with van der Waals surface area (Å²) in [5.41, 5.74) is -0.820. The lowest BCUT2D eigenvalue weighted by Gasteiger charge is -2.35. The predicted molar refractivity (Wildman–Crippen MR) is 145 cm³/mol. The Hall–Kier alpha value is -4.46. The van der Waals surface area contributed by atoms with Gasteiger partial charge in [-0.25, -0.2) is 9.69 Å². The van der Waals surface area contributed by atoms with Gasteiger partial charge in [0.25, 0.3) is 11.8 Å². The molecule has 198 valence electrons. The molecule has 1 saturated heterocycles. The van der Waals surface area contributed by atoms with Gasteiger partial charge in [-0.05, 0) is 45.4 Å². The van der Waals surface area contributed by atoms with Gasteiger partial charge in [0.05, 0.1) is 5.69 Å². The minimum Gasteiger partial charge on any atom is -0.443 e. The third kappa shape index (κ3) is 3.11. The molecule has 0 aliphatic carbocycles. The summed E-state index contributed by atoms with van der Waals surface area (Å²) in [4.78, 5) is 59.3. The first-order chi connectivity index (χ1) is 18.4. The Labute approximate surface area is 226 Å². The maximum Gasteiger partial charge on any atom is 0.421 e. The van der Waals surface area contributed by atoms with E-state index in [4.69, 9.17) is 4.74 Å². The Morgan fingerprint density at radius 1 is 0.846 bits per heavy atom. The van der Waals surface area contributed by atoms with Gasteiger partial charge in [-0.2, -0.15) is 0 Å². The lowest BCUT2D eigenvalue weighted by molar-refractivity contribution is -0.133. The fraction of sp³-hybridized carbons (Fsp3) is 0.290. The molecule has 0 bridgehead atoms. The van der Waals surface area contributed by atoms with Crippen molar-refractivity contribution < 1.29 is 23.9 Å². The highest BCUT2D eigenvalue weighted by Gasteiger charge is 2.76. The van der Waals surface area contributed by atoms with Gasteiger partial charge in [-0.1, -0.05) is 66.2 Å². The summed E-state index contributed by atoms with van der Waals surface area (Å²) in [6, 6.07) is 21.5. The van der Waals surface area contributed by atoms with E-state index < -0.39 is 40.4 Å². The first-order valence-corrected chi connectivity index (χ1v) is 12.9. The first kappa shape index (κ1) is 24.9. The number of fused-ring (bicyclic) bond motifs is 4. The minimum atomic E-state index is -1.89. The number of aryl methyl sites for hydroxylation is 1. The van der Waals surface area contributed by atoms with Crippen LogP contribution < -0.4 is 15.1 Å². The van der Waals surface area contributed by atoms with E-state index in [1.54, 1.807) is 52.1 Å². The number of nitrogens with one attached hydrogen (secondary N) is 1. The van der Waals surface area contributed by atoms with Crippen molar-refractivity contribution in [2.24, 2.45) is 0 Å². The van der Waals surface area contributed by atoms with E-state index in [0.717, 1.165) is 10.5 Å². The van der Waals surface area contributed by atoms with Gasteiger partial charge >= 0.3 is 6.09 Å². The smallest absolute Gasteiger partial charge is 0.421 e. The average molecular weight is 524 g/mol. The van der Waals surface area contributed by atoms with Gasteiger partial charge in [0.15, 0.2) is 11.0 Å². The van der Waals surface area contributed by atoms with Gasteiger partial charge in [0, 0.05) is 29.8 Å². The molecule has 3 heterocycles. The number of hydrogen-bond donors (Lipinski definition) is 1. The molecule has 0 radical (unpaired) electrons. The molecule has 3 aliphatic rings. The molecule has 3 aliphatic heterocycles. The number of ether oxygens (including phenoxy) is 1. The number of rotatable bonds is 1. The van der Waals surface area contributed by atoms with Crippen LogP contribution in [0.2, 0.25) is 0 Å². The molecular weight excluding hydrogens is 494 g/mol. The highest BCUT2D eigenvalue weighted by Crippen LogP contribution is 2.63. The van der Waals surface area contributed by atoms with Crippen LogP contribution in [0.15, 0.2) is 72.8 Å². The normalized spacial score (nSPS) is 25.4. The molecule has 2 spiro atoms. The number of carbonyl (C=O) groups excluding carboxylic acids is 4. The van der Waals surface area contributed by atoms with Crippen molar-refractivity contribution in [2.75, 3.05) is 16.8 Å². The summed E-state index contributed by atoms with van der Waals surface area (Å²) in [5, 5.41) is 3.01. The van der Waals surface area contributed by atoms with Gasteiger partial charge in [0.1, 0.15) is 5.60 Å². The number of likely N-dealkylation sites (N-methyl/N-ethyl adjacent to an activating group) is 1. The molecule has 1 N–H and O–H groups in total. The van der Waals surface area contributed by atoms with Crippen molar-refractivity contribution in [1.29, 1.82) is 0 Å². The Bertz CT molecular complexity index is 1570. The second-order valence-electron chi connectivity index (χ2n) is 11.4. The first-order valence-electron chi connectivity index (χ1n) is 12.9. The van der Waals surface area contributed by atoms with E-state index in [9.17, 15) is 19.2 Å². The van der Waals surface area contributed by atoms with Crippen LogP contribution in [0.1, 0.15) is 48.9 Å². The molecule has 0 saturated carbocycles. The predicted octanol–water partition coefficient (Wildman–Crippen LogP) is 4.30. The van der Waals surface area contributed by atoms with Crippen LogP contribution in [-0.2, 0) is 30.1 Å². The number of nitrogens with zero attached hydrogens (tertiary/aromatic N) is 2. The van der Waals surface area contributed by atoms with Crippen molar-refractivity contribution in [2.45, 2.75) is 50.2 Å². The summed E-state index contributed by atoms with van der Waals surface area (Å²) in [5.74, 6) is -2.70. The molecular formula is C31H29N3O5. The summed E-state index contributed by atoms with van der Waals surface area (Å²) in [7, 11) is 1.66. The maximum absolute atomic E-state index is 14.7. The monoisotopic (exact) mass is 523 g/mol. The standard InChI is InChI=1S/C31H29N3O5/c1-18-14-16-19(17-15-18)24-30(25(35)32-31(24)21-11-7-8-12-22(21)33(5)27(31)37)20-10-6-9-13-23(20)34(26(30)36)28(38)39-29(2,3)4/h6-17,24H,1-5H3,(H,32,35)/t24-,30+,31-/m0/s1. The van der Waals surface area contributed by atoms with Gasteiger partial charge in [-0.15, -0.1) is 0 Å². The van der Waals surface area contributed by atoms with Crippen LogP contribution >= 0.6 is 0 Å². The maximum atomic E-state index is 14.7. The fourth-order valence-electron chi connectivity index (χ4n) is 6.44. The third-order valence-electron chi connectivity index (χ3n) is 7.96. The zero-order valence-corrected chi connectivity index (χ0v) is 22.4. The molecule has 3 aromatic carbocycles. The summed E-state index contributed by atoms with van der Waals surface area (Å²) >= 11 is 0.